The molecular formula is C10H15N. The van der Waals surface area contributed by atoms with Gasteiger partial charge in [0.05, 0.1) is 6.07 Å². The smallest absolute Gasteiger partial charge is 0.0911 e. The third kappa shape index (κ3) is 2.38. The summed E-state index contributed by atoms with van der Waals surface area (Å²) in [5, 5.41) is 8.46. The minimum absolute atomic E-state index is 0.431. The average molecular weight is 149 g/mol. The molecule has 0 spiro atoms. The predicted molar refractivity (Wildman–Crippen MR) is 45.9 cm³/mol. The molecule has 0 aromatic rings. The molecule has 0 atom stereocenters. The maximum absolute atomic E-state index is 8.46. The minimum atomic E-state index is 0.431. The molecule has 0 radical (unpaired) electrons. The van der Waals surface area contributed by atoms with E-state index in [1.165, 1.54) is 18.4 Å². The fraction of sp³-hybridized carbons (Fsp3) is 0.700. The Labute approximate surface area is 68.7 Å². The maximum Gasteiger partial charge on any atom is 0.0911 e. The summed E-state index contributed by atoms with van der Waals surface area (Å²) in [7, 11) is 0. The third-order valence-corrected chi connectivity index (χ3v) is 2.33. The first kappa shape index (κ1) is 8.33. The van der Waals surface area contributed by atoms with Crippen LogP contribution in [0.5, 0.6) is 0 Å². The summed E-state index contributed by atoms with van der Waals surface area (Å²) in [5.41, 5.74) is 1.77. The summed E-state index contributed by atoms with van der Waals surface area (Å²) in [6.07, 6.45) is 6.52. The van der Waals surface area contributed by atoms with E-state index in [1.54, 1.807) is 6.08 Å². The SMILES string of the molecule is CC1(C)CCC/C(=C\C#N)C1. The molecule has 0 aromatic carbocycles. The maximum atomic E-state index is 8.46. The van der Waals surface area contributed by atoms with Crippen molar-refractivity contribution in [3.8, 4) is 6.07 Å². The van der Waals surface area contributed by atoms with Gasteiger partial charge in [0.1, 0.15) is 0 Å². The van der Waals surface area contributed by atoms with Crippen LogP contribution in [-0.4, -0.2) is 0 Å². The van der Waals surface area contributed by atoms with Gasteiger partial charge in [0.15, 0.2) is 0 Å². The standard InChI is InChI=1S/C10H15N/c1-10(2)6-3-4-9(8-10)5-7-11/h5H,3-4,6,8H2,1-2H3/b9-5+. The predicted octanol–water partition coefficient (Wildman–Crippen LogP) is 3.04. The lowest BCUT2D eigenvalue weighted by Crippen LogP contribution is -2.16. The van der Waals surface area contributed by atoms with Gasteiger partial charge in [-0.1, -0.05) is 19.4 Å². The lowest BCUT2D eigenvalue weighted by Gasteiger charge is -2.30. The van der Waals surface area contributed by atoms with Crippen LogP contribution in [0, 0.1) is 16.7 Å². The largest absolute Gasteiger partial charge is 0.193 e. The molecule has 1 heteroatoms. The topological polar surface area (TPSA) is 23.8 Å². The normalized spacial score (nSPS) is 26.5. The molecule has 0 aliphatic heterocycles. The zero-order chi connectivity index (χ0) is 8.32. The Bertz CT molecular complexity index is 205. The van der Waals surface area contributed by atoms with E-state index in [-0.39, 0.29) is 0 Å². The van der Waals surface area contributed by atoms with Crippen LogP contribution in [0.3, 0.4) is 0 Å². The number of nitriles is 1. The van der Waals surface area contributed by atoms with Crippen LogP contribution in [0.4, 0.5) is 0 Å². The molecule has 1 nitrogen and oxygen atoms in total. The zero-order valence-electron chi connectivity index (χ0n) is 7.35. The number of hydrogen-bond donors (Lipinski definition) is 0. The average Bonchev–Trinajstić information content (AvgIpc) is 1.85. The molecule has 0 N–H and O–H groups in total. The van der Waals surface area contributed by atoms with Gasteiger partial charge >= 0.3 is 0 Å². The summed E-state index contributed by atoms with van der Waals surface area (Å²) in [6.45, 7) is 4.55. The molecule has 11 heavy (non-hydrogen) atoms. The van der Waals surface area contributed by atoms with E-state index in [0.717, 1.165) is 12.8 Å². The van der Waals surface area contributed by atoms with Gasteiger partial charge in [-0.25, -0.2) is 0 Å². The van der Waals surface area contributed by atoms with Crippen LogP contribution in [0.2, 0.25) is 0 Å². The summed E-state index contributed by atoms with van der Waals surface area (Å²) in [5.74, 6) is 0. The highest BCUT2D eigenvalue weighted by Crippen LogP contribution is 2.37. The molecular weight excluding hydrogens is 134 g/mol. The molecule has 0 unspecified atom stereocenters. The van der Waals surface area contributed by atoms with Gasteiger partial charge in [0.2, 0.25) is 0 Å². The first-order chi connectivity index (χ1) is 5.14. The molecule has 0 saturated heterocycles. The summed E-state index contributed by atoms with van der Waals surface area (Å²) in [4.78, 5) is 0. The van der Waals surface area contributed by atoms with Crippen LogP contribution < -0.4 is 0 Å². The van der Waals surface area contributed by atoms with E-state index in [1.807, 2.05) is 0 Å². The van der Waals surface area contributed by atoms with Gasteiger partial charge in [-0.15, -0.1) is 0 Å². The van der Waals surface area contributed by atoms with Crippen molar-refractivity contribution in [2.75, 3.05) is 0 Å². The monoisotopic (exact) mass is 149 g/mol. The Morgan fingerprint density at radius 1 is 1.55 bits per heavy atom. The van der Waals surface area contributed by atoms with Gasteiger partial charge in [-0.3, -0.25) is 0 Å². The van der Waals surface area contributed by atoms with E-state index in [2.05, 4.69) is 19.9 Å². The Morgan fingerprint density at radius 3 is 2.82 bits per heavy atom. The molecule has 0 aromatic heterocycles. The molecule has 0 heterocycles. The molecule has 0 bridgehead atoms. The first-order valence-corrected chi connectivity index (χ1v) is 4.22. The molecule has 60 valence electrons. The molecule has 1 rings (SSSR count). The van der Waals surface area contributed by atoms with Gasteiger partial charge in [-0.05, 0) is 31.1 Å². The second-order valence-corrected chi connectivity index (χ2v) is 4.13. The van der Waals surface area contributed by atoms with E-state index in [0.29, 0.717) is 5.41 Å². The molecule has 1 aliphatic carbocycles. The number of allylic oxidation sites excluding steroid dienone is 2. The number of hydrogen-bond acceptors (Lipinski definition) is 1. The third-order valence-electron chi connectivity index (χ3n) is 2.33. The highest BCUT2D eigenvalue weighted by atomic mass is 14.3. The van der Waals surface area contributed by atoms with Crippen molar-refractivity contribution in [2.24, 2.45) is 5.41 Å². The zero-order valence-corrected chi connectivity index (χ0v) is 7.35. The Kier molecular flexibility index (Phi) is 2.34. The Morgan fingerprint density at radius 2 is 2.27 bits per heavy atom. The summed E-state index contributed by atoms with van der Waals surface area (Å²) in [6, 6.07) is 2.11. The minimum Gasteiger partial charge on any atom is -0.193 e. The number of nitrogens with zero attached hydrogens (tertiary/aromatic N) is 1. The Hall–Kier alpha value is -0.770. The highest BCUT2D eigenvalue weighted by molar-refractivity contribution is 5.16. The second kappa shape index (κ2) is 3.09. The van der Waals surface area contributed by atoms with E-state index in [4.69, 9.17) is 5.26 Å². The molecule has 1 aliphatic rings. The van der Waals surface area contributed by atoms with Crippen molar-refractivity contribution < 1.29 is 0 Å². The fourth-order valence-electron chi connectivity index (χ4n) is 1.80. The van der Waals surface area contributed by atoms with Gasteiger partial charge < -0.3 is 0 Å². The molecule has 1 fully saturated rings. The van der Waals surface area contributed by atoms with Crippen LogP contribution in [-0.2, 0) is 0 Å². The van der Waals surface area contributed by atoms with E-state index < -0.39 is 0 Å². The van der Waals surface area contributed by atoms with Gasteiger partial charge in [0, 0.05) is 6.08 Å². The van der Waals surface area contributed by atoms with Crippen LogP contribution in [0.1, 0.15) is 39.5 Å². The lowest BCUT2D eigenvalue weighted by atomic mass is 9.75. The quantitative estimate of drug-likeness (QED) is 0.486. The van der Waals surface area contributed by atoms with Gasteiger partial charge in [-0.2, -0.15) is 5.26 Å². The Balaban J connectivity index is 2.62. The van der Waals surface area contributed by atoms with Crippen molar-refractivity contribution in [3.05, 3.63) is 11.6 Å². The van der Waals surface area contributed by atoms with Crippen molar-refractivity contribution in [1.29, 1.82) is 5.26 Å². The van der Waals surface area contributed by atoms with Crippen molar-refractivity contribution in [1.82, 2.24) is 0 Å². The summed E-state index contributed by atoms with van der Waals surface area (Å²) < 4.78 is 0. The van der Waals surface area contributed by atoms with E-state index >= 15 is 0 Å². The lowest BCUT2D eigenvalue weighted by molar-refractivity contribution is 0.289. The van der Waals surface area contributed by atoms with E-state index in [9.17, 15) is 0 Å². The van der Waals surface area contributed by atoms with Crippen LogP contribution >= 0.6 is 0 Å². The van der Waals surface area contributed by atoms with Gasteiger partial charge in [0.25, 0.3) is 0 Å². The highest BCUT2D eigenvalue weighted by Gasteiger charge is 2.23. The van der Waals surface area contributed by atoms with Crippen LogP contribution in [0.25, 0.3) is 0 Å². The van der Waals surface area contributed by atoms with Crippen LogP contribution in [0.15, 0.2) is 11.6 Å². The second-order valence-electron chi connectivity index (χ2n) is 4.13. The fourth-order valence-corrected chi connectivity index (χ4v) is 1.80. The van der Waals surface area contributed by atoms with Crippen molar-refractivity contribution >= 4 is 0 Å². The van der Waals surface area contributed by atoms with Crippen molar-refractivity contribution in [2.45, 2.75) is 39.5 Å². The molecule has 1 saturated carbocycles. The summed E-state index contributed by atoms with van der Waals surface area (Å²) >= 11 is 0. The first-order valence-electron chi connectivity index (χ1n) is 4.22. The number of rotatable bonds is 0. The molecule has 0 amide bonds. The van der Waals surface area contributed by atoms with Crippen molar-refractivity contribution in [3.63, 3.8) is 0 Å².